The number of methoxy groups -OCH3 is 1. The van der Waals surface area contributed by atoms with Crippen LogP contribution in [0.25, 0.3) is 0 Å². The highest BCUT2D eigenvalue weighted by atomic mass is 28.3. The van der Waals surface area contributed by atoms with Crippen molar-refractivity contribution < 1.29 is 14.8 Å². The number of aryl methyl sites for hydroxylation is 1. The van der Waals surface area contributed by atoms with E-state index in [-0.39, 0.29) is 0 Å². The molecule has 0 saturated heterocycles. The Morgan fingerprint density at radius 2 is 1.75 bits per heavy atom. The van der Waals surface area contributed by atoms with E-state index in [1.54, 1.807) is 13.2 Å². The summed E-state index contributed by atoms with van der Waals surface area (Å²) in [6.07, 6.45) is 0. The molecule has 5 heteroatoms. The van der Waals surface area contributed by atoms with Crippen molar-refractivity contribution in [1.29, 1.82) is 0 Å². The van der Waals surface area contributed by atoms with Gasteiger partial charge in [0.15, 0.2) is 0 Å². The van der Waals surface area contributed by atoms with Gasteiger partial charge in [-0.05, 0) is 12.1 Å². The molecule has 0 radical (unpaired) electrons. The van der Waals surface area contributed by atoms with Crippen molar-refractivity contribution in [3.63, 3.8) is 0 Å². The van der Waals surface area contributed by atoms with Crippen molar-refractivity contribution in [2.75, 3.05) is 7.11 Å². The van der Waals surface area contributed by atoms with Crippen molar-refractivity contribution in [2.24, 2.45) is 0 Å². The zero-order chi connectivity index (χ0) is 12.5. The Bertz CT molecular complexity index is 386. The predicted octanol–water partition coefficient (Wildman–Crippen LogP) is 0.229. The monoisotopic (exact) mass is 238 g/mol. The molecular formula is C11H19BO3Si. The third kappa shape index (κ3) is 2.67. The number of hydrogen-bond acceptors (Lipinski definition) is 3. The van der Waals surface area contributed by atoms with Crippen LogP contribution in [0.3, 0.4) is 0 Å². The molecule has 0 aliphatic heterocycles. The van der Waals surface area contributed by atoms with Crippen LogP contribution in [0, 0.1) is 6.92 Å². The molecular weight excluding hydrogens is 219 g/mol. The van der Waals surface area contributed by atoms with Crippen molar-refractivity contribution >= 4 is 25.8 Å². The van der Waals surface area contributed by atoms with Gasteiger partial charge in [0.1, 0.15) is 5.75 Å². The first-order valence-electron chi connectivity index (χ1n) is 5.32. The Morgan fingerprint density at radius 1 is 1.19 bits per heavy atom. The number of ether oxygens (including phenoxy) is 1. The molecule has 0 spiro atoms. The minimum atomic E-state index is -1.55. The maximum Gasteiger partial charge on any atom is 0.492 e. The Morgan fingerprint density at radius 3 is 2.12 bits per heavy atom. The molecule has 88 valence electrons. The maximum absolute atomic E-state index is 9.34. The molecule has 0 saturated carbocycles. The highest BCUT2D eigenvalue weighted by Crippen LogP contribution is 2.14. The molecule has 0 heterocycles. The highest BCUT2D eigenvalue weighted by molar-refractivity contribution is 6.89. The van der Waals surface area contributed by atoms with Crippen molar-refractivity contribution in [2.45, 2.75) is 26.6 Å². The van der Waals surface area contributed by atoms with E-state index in [0.717, 1.165) is 10.8 Å². The molecule has 1 aromatic rings. The summed E-state index contributed by atoms with van der Waals surface area (Å²) in [6, 6.07) is 3.84. The zero-order valence-corrected chi connectivity index (χ0v) is 11.5. The molecule has 1 aromatic carbocycles. The number of hydrogen-bond donors (Lipinski definition) is 2. The maximum atomic E-state index is 9.34. The molecule has 0 bridgehead atoms. The summed E-state index contributed by atoms with van der Waals surface area (Å²) in [5.41, 5.74) is 1.49. The van der Waals surface area contributed by atoms with Gasteiger partial charge < -0.3 is 14.8 Å². The largest absolute Gasteiger partial charge is 0.497 e. The lowest BCUT2D eigenvalue weighted by molar-refractivity contribution is 0.405. The highest BCUT2D eigenvalue weighted by Gasteiger charge is 2.27. The first-order valence-corrected chi connectivity index (χ1v) is 8.82. The fourth-order valence-corrected chi connectivity index (χ4v) is 3.37. The van der Waals surface area contributed by atoms with E-state index in [9.17, 15) is 10.0 Å². The molecule has 0 aliphatic rings. The lowest BCUT2D eigenvalue weighted by Gasteiger charge is -2.23. The van der Waals surface area contributed by atoms with Crippen LogP contribution in [-0.4, -0.2) is 32.4 Å². The van der Waals surface area contributed by atoms with E-state index < -0.39 is 15.2 Å². The van der Waals surface area contributed by atoms with Crippen LogP contribution in [0.2, 0.25) is 19.6 Å². The van der Waals surface area contributed by atoms with E-state index in [1.165, 1.54) is 0 Å². The van der Waals surface area contributed by atoms with Crippen molar-refractivity contribution in [3.8, 4) is 5.75 Å². The molecule has 16 heavy (non-hydrogen) atoms. The minimum Gasteiger partial charge on any atom is -0.497 e. The van der Waals surface area contributed by atoms with Crippen LogP contribution >= 0.6 is 0 Å². The van der Waals surface area contributed by atoms with Gasteiger partial charge in [0.25, 0.3) is 0 Å². The fraction of sp³-hybridized carbons (Fsp3) is 0.455. The van der Waals surface area contributed by atoms with Crippen molar-refractivity contribution in [1.82, 2.24) is 0 Å². The molecule has 0 amide bonds. The number of rotatable bonds is 3. The average molecular weight is 238 g/mol. The SMILES string of the molecule is COc1c(B(O)O)cc(C)cc1[Si](C)(C)C. The third-order valence-electron chi connectivity index (χ3n) is 2.55. The summed E-state index contributed by atoms with van der Waals surface area (Å²) in [5.74, 6) is 0.625. The van der Waals surface area contributed by atoms with E-state index in [0.29, 0.717) is 11.2 Å². The second-order valence-corrected chi connectivity index (χ2v) is 10.1. The second-order valence-electron chi connectivity index (χ2n) is 5.06. The molecule has 0 aliphatic carbocycles. The van der Waals surface area contributed by atoms with Gasteiger partial charge in [-0.25, -0.2) is 0 Å². The van der Waals surface area contributed by atoms with Crippen LogP contribution in [0.1, 0.15) is 5.56 Å². The summed E-state index contributed by atoms with van der Waals surface area (Å²) in [5, 5.41) is 19.8. The predicted molar refractivity (Wildman–Crippen MR) is 70.5 cm³/mol. The molecule has 3 nitrogen and oxygen atoms in total. The van der Waals surface area contributed by atoms with Gasteiger partial charge in [0, 0.05) is 5.46 Å². The van der Waals surface area contributed by atoms with Gasteiger partial charge >= 0.3 is 7.12 Å². The summed E-state index contributed by atoms with van der Waals surface area (Å²) in [6.45, 7) is 8.57. The number of benzene rings is 1. The fourth-order valence-electron chi connectivity index (χ4n) is 1.78. The minimum absolute atomic E-state index is 0.458. The van der Waals surface area contributed by atoms with E-state index in [4.69, 9.17) is 4.74 Å². The summed E-state index contributed by atoms with van der Waals surface area (Å²) < 4.78 is 5.33. The van der Waals surface area contributed by atoms with Crippen LogP contribution in [0.4, 0.5) is 0 Å². The Labute approximate surface area is 98.2 Å². The zero-order valence-electron chi connectivity index (χ0n) is 10.5. The second kappa shape index (κ2) is 4.61. The summed E-state index contributed by atoms with van der Waals surface area (Å²) in [4.78, 5) is 0. The summed E-state index contributed by atoms with van der Waals surface area (Å²) >= 11 is 0. The normalized spacial score (nSPS) is 11.4. The Kier molecular flexibility index (Phi) is 3.83. The van der Waals surface area contributed by atoms with E-state index in [1.807, 2.05) is 6.92 Å². The summed E-state index contributed by atoms with van der Waals surface area (Å²) in [7, 11) is -1.47. The Hall–Kier alpha value is -0.778. The van der Waals surface area contributed by atoms with Crippen molar-refractivity contribution in [3.05, 3.63) is 17.7 Å². The Balaban J connectivity index is 3.49. The van der Waals surface area contributed by atoms with Crippen LogP contribution in [0.5, 0.6) is 5.75 Å². The molecule has 1 rings (SSSR count). The average Bonchev–Trinajstić information content (AvgIpc) is 2.14. The first kappa shape index (κ1) is 13.3. The van der Waals surface area contributed by atoms with E-state index in [2.05, 4.69) is 25.7 Å². The van der Waals surface area contributed by atoms with Gasteiger partial charge in [-0.1, -0.05) is 37.3 Å². The van der Waals surface area contributed by atoms with Gasteiger partial charge in [0.05, 0.1) is 15.2 Å². The third-order valence-corrected chi connectivity index (χ3v) is 4.54. The van der Waals surface area contributed by atoms with Gasteiger partial charge in [0.2, 0.25) is 0 Å². The van der Waals surface area contributed by atoms with Gasteiger partial charge in [-0.3, -0.25) is 0 Å². The van der Waals surface area contributed by atoms with Crippen LogP contribution in [0.15, 0.2) is 12.1 Å². The van der Waals surface area contributed by atoms with Crippen LogP contribution < -0.4 is 15.4 Å². The standard InChI is InChI=1S/C11H19BO3Si/c1-8-6-9(12(13)14)11(15-2)10(7-8)16(3,4)5/h6-7,13-14H,1-5H3. The van der Waals surface area contributed by atoms with Gasteiger partial charge in [-0.2, -0.15) is 0 Å². The molecule has 0 fully saturated rings. The first-order chi connectivity index (χ1) is 7.27. The lowest BCUT2D eigenvalue weighted by atomic mass is 9.79. The molecule has 0 atom stereocenters. The lowest BCUT2D eigenvalue weighted by Crippen LogP contribution is -2.44. The molecule has 0 aromatic heterocycles. The molecule has 0 unspecified atom stereocenters. The van der Waals surface area contributed by atoms with E-state index >= 15 is 0 Å². The topological polar surface area (TPSA) is 49.7 Å². The quantitative estimate of drug-likeness (QED) is 0.741. The smallest absolute Gasteiger partial charge is 0.492 e. The molecule has 2 N–H and O–H groups in total. The van der Waals surface area contributed by atoms with Crippen LogP contribution in [-0.2, 0) is 0 Å². The van der Waals surface area contributed by atoms with Gasteiger partial charge in [-0.15, -0.1) is 0 Å².